The van der Waals surface area contributed by atoms with Crippen molar-refractivity contribution in [3.8, 4) is 0 Å². The van der Waals surface area contributed by atoms with Crippen LogP contribution in [0.5, 0.6) is 0 Å². The number of likely N-dealkylation sites (tertiary alicyclic amines) is 1. The van der Waals surface area contributed by atoms with Crippen molar-refractivity contribution >= 4 is 21.4 Å². The molecule has 114 valence electrons. The van der Waals surface area contributed by atoms with Crippen LogP contribution in [-0.4, -0.2) is 46.0 Å². The summed E-state index contributed by atoms with van der Waals surface area (Å²) < 4.78 is 27.7. The monoisotopic (exact) mass is 317 g/mol. The largest absolute Gasteiger partial charge is 0.315 e. The van der Waals surface area contributed by atoms with Crippen LogP contribution in [0.3, 0.4) is 0 Å². The Kier molecular flexibility index (Phi) is 5.57. The van der Waals surface area contributed by atoms with Gasteiger partial charge in [-0.05, 0) is 45.1 Å². The molecule has 2 heterocycles. The molecule has 7 heteroatoms. The summed E-state index contributed by atoms with van der Waals surface area (Å²) in [6, 6.07) is 3.89. The summed E-state index contributed by atoms with van der Waals surface area (Å²) in [6.45, 7) is 5.39. The molecule has 0 radical (unpaired) electrons. The highest BCUT2D eigenvalue weighted by atomic mass is 32.2. The number of hydrogen-bond donors (Lipinski definition) is 2. The van der Waals surface area contributed by atoms with Crippen molar-refractivity contribution in [2.75, 3.05) is 26.7 Å². The zero-order valence-corrected chi connectivity index (χ0v) is 13.7. The average Bonchev–Trinajstić information content (AvgIpc) is 3.05. The number of thiophene rings is 1. The van der Waals surface area contributed by atoms with Crippen LogP contribution in [0.1, 0.15) is 24.6 Å². The van der Waals surface area contributed by atoms with Gasteiger partial charge in [-0.15, -0.1) is 11.3 Å². The third-order valence-electron chi connectivity index (χ3n) is 3.67. The van der Waals surface area contributed by atoms with E-state index in [4.69, 9.17) is 0 Å². The van der Waals surface area contributed by atoms with E-state index in [1.807, 2.05) is 13.1 Å². The lowest BCUT2D eigenvalue weighted by Crippen LogP contribution is -2.39. The van der Waals surface area contributed by atoms with Gasteiger partial charge in [0.05, 0.1) is 0 Å². The van der Waals surface area contributed by atoms with E-state index in [9.17, 15) is 8.42 Å². The molecule has 0 aliphatic carbocycles. The SMILES string of the molecule is CCN1CCCC1CNS(=O)(=O)c1ccc(CNC)s1. The maximum absolute atomic E-state index is 12.3. The summed E-state index contributed by atoms with van der Waals surface area (Å²) in [5.41, 5.74) is 0. The van der Waals surface area contributed by atoms with Gasteiger partial charge in [-0.1, -0.05) is 6.92 Å². The predicted molar refractivity (Wildman–Crippen MR) is 82.5 cm³/mol. The second-order valence-electron chi connectivity index (χ2n) is 5.03. The molecule has 1 unspecified atom stereocenters. The molecule has 0 aromatic carbocycles. The van der Waals surface area contributed by atoms with Crippen molar-refractivity contribution in [1.29, 1.82) is 0 Å². The summed E-state index contributed by atoms with van der Waals surface area (Å²) in [5.74, 6) is 0. The van der Waals surface area contributed by atoms with Crippen LogP contribution >= 0.6 is 11.3 Å². The smallest absolute Gasteiger partial charge is 0.250 e. The van der Waals surface area contributed by atoms with Gasteiger partial charge in [-0.3, -0.25) is 4.90 Å². The Morgan fingerprint density at radius 3 is 2.95 bits per heavy atom. The lowest BCUT2D eigenvalue weighted by molar-refractivity contribution is 0.268. The van der Waals surface area contributed by atoms with Gasteiger partial charge >= 0.3 is 0 Å². The molecule has 1 saturated heterocycles. The standard InChI is InChI=1S/C13H23N3O2S2/c1-3-16-8-4-5-11(16)9-15-20(17,18)13-7-6-12(19-13)10-14-2/h6-7,11,14-15H,3-5,8-10H2,1-2H3. The summed E-state index contributed by atoms with van der Waals surface area (Å²) >= 11 is 1.33. The second kappa shape index (κ2) is 7.00. The van der Waals surface area contributed by atoms with E-state index < -0.39 is 10.0 Å². The van der Waals surface area contributed by atoms with E-state index in [-0.39, 0.29) is 0 Å². The van der Waals surface area contributed by atoms with Gasteiger partial charge in [0.25, 0.3) is 0 Å². The molecule has 2 N–H and O–H groups in total. The molecule has 20 heavy (non-hydrogen) atoms. The zero-order chi connectivity index (χ0) is 14.6. The highest BCUT2D eigenvalue weighted by molar-refractivity contribution is 7.91. The van der Waals surface area contributed by atoms with Gasteiger partial charge in [0.1, 0.15) is 4.21 Å². The molecular weight excluding hydrogens is 294 g/mol. The van der Waals surface area contributed by atoms with Crippen molar-refractivity contribution in [1.82, 2.24) is 14.9 Å². The van der Waals surface area contributed by atoms with E-state index in [0.29, 0.717) is 23.3 Å². The molecule has 1 fully saturated rings. The van der Waals surface area contributed by atoms with Gasteiger partial charge in [-0.2, -0.15) is 0 Å². The number of nitrogens with zero attached hydrogens (tertiary/aromatic N) is 1. The molecule has 0 spiro atoms. The normalized spacial score (nSPS) is 20.6. The van der Waals surface area contributed by atoms with Gasteiger partial charge in [0.15, 0.2) is 0 Å². The van der Waals surface area contributed by atoms with E-state index in [1.54, 1.807) is 6.07 Å². The van der Waals surface area contributed by atoms with Crippen LogP contribution in [0.25, 0.3) is 0 Å². The van der Waals surface area contributed by atoms with Crippen LogP contribution in [-0.2, 0) is 16.6 Å². The molecule has 1 aliphatic heterocycles. The highest BCUT2D eigenvalue weighted by Gasteiger charge is 2.25. The first-order valence-corrected chi connectivity index (χ1v) is 9.34. The van der Waals surface area contributed by atoms with Crippen molar-refractivity contribution in [2.45, 2.75) is 36.6 Å². The Labute approximate surface area is 125 Å². The Morgan fingerprint density at radius 2 is 2.25 bits per heavy atom. The zero-order valence-electron chi connectivity index (χ0n) is 12.1. The quantitative estimate of drug-likeness (QED) is 0.794. The maximum Gasteiger partial charge on any atom is 0.250 e. The molecule has 5 nitrogen and oxygen atoms in total. The van der Waals surface area contributed by atoms with Gasteiger partial charge in [0, 0.05) is 24.0 Å². The Bertz CT molecular complexity index is 527. The third kappa shape index (κ3) is 3.79. The van der Waals surface area contributed by atoms with E-state index in [0.717, 1.165) is 30.8 Å². The minimum absolute atomic E-state index is 0.339. The van der Waals surface area contributed by atoms with Gasteiger partial charge < -0.3 is 5.32 Å². The Hall–Kier alpha value is -0.470. The fourth-order valence-electron chi connectivity index (χ4n) is 2.59. The lowest BCUT2D eigenvalue weighted by Gasteiger charge is -2.22. The molecule has 0 saturated carbocycles. The minimum Gasteiger partial charge on any atom is -0.315 e. The van der Waals surface area contributed by atoms with Gasteiger partial charge in [-0.25, -0.2) is 13.1 Å². The van der Waals surface area contributed by atoms with Crippen LogP contribution in [0.4, 0.5) is 0 Å². The number of sulfonamides is 1. The van der Waals surface area contributed by atoms with Crippen molar-refractivity contribution in [3.05, 3.63) is 17.0 Å². The van der Waals surface area contributed by atoms with E-state index in [2.05, 4.69) is 21.9 Å². The van der Waals surface area contributed by atoms with Crippen molar-refractivity contribution < 1.29 is 8.42 Å². The van der Waals surface area contributed by atoms with Gasteiger partial charge in [0.2, 0.25) is 10.0 Å². The van der Waals surface area contributed by atoms with Crippen molar-refractivity contribution in [2.24, 2.45) is 0 Å². The average molecular weight is 317 g/mol. The first-order chi connectivity index (χ1) is 9.56. The molecule has 2 rings (SSSR count). The molecule has 1 aliphatic rings. The van der Waals surface area contributed by atoms with E-state index in [1.165, 1.54) is 11.3 Å². The maximum atomic E-state index is 12.3. The molecule has 1 aromatic rings. The van der Waals surface area contributed by atoms with Crippen LogP contribution in [0, 0.1) is 0 Å². The molecule has 0 bridgehead atoms. The second-order valence-corrected chi connectivity index (χ2v) is 8.19. The molecule has 0 amide bonds. The molecule has 1 atom stereocenters. The summed E-state index contributed by atoms with van der Waals surface area (Å²) in [6.07, 6.45) is 2.23. The summed E-state index contributed by atoms with van der Waals surface area (Å²) in [7, 11) is -1.51. The fraction of sp³-hybridized carbons (Fsp3) is 0.692. The van der Waals surface area contributed by atoms with Crippen LogP contribution in [0.15, 0.2) is 16.3 Å². The number of likely N-dealkylation sites (N-methyl/N-ethyl adjacent to an activating group) is 1. The third-order valence-corrected chi connectivity index (χ3v) is 6.67. The predicted octanol–water partition coefficient (Wildman–Crippen LogP) is 1.23. The first-order valence-electron chi connectivity index (χ1n) is 7.04. The minimum atomic E-state index is -3.36. The number of rotatable bonds is 7. The Morgan fingerprint density at radius 1 is 1.45 bits per heavy atom. The Balaban J connectivity index is 1.96. The van der Waals surface area contributed by atoms with Crippen LogP contribution < -0.4 is 10.0 Å². The highest BCUT2D eigenvalue weighted by Crippen LogP contribution is 2.22. The first kappa shape index (κ1) is 15.9. The number of nitrogens with one attached hydrogen (secondary N) is 2. The van der Waals surface area contributed by atoms with E-state index >= 15 is 0 Å². The van der Waals surface area contributed by atoms with Crippen molar-refractivity contribution in [3.63, 3.8) is 0 Å². The topological polar surface area (TPSA) is 61.4 Å². The molecule has 1 aromatic heterocycles. The number of hydrogen-bond acceptors (Lipinski definition) is 5. The fourth-order valence-corrected chi connectivity index (χ4v) is 5.08. The summed E-state index contributed by atoms with van der Waals surface area (Å²) in [5, 5.41) is 3.03. The lowest BCUT2D eigenvalue weighted by atomic mass is 10.2. The summed E-state index contributed by atoms with van der Waals surface area (Å²) in [4.78, 5) is 3.37. The van der Waals surface area contributed by atoms with Crippen LogP contribution in [0.2, 0.25) is 0 Å². The molecular formula is C13H23N3O2S2.